The Balaban J connectivity index is 2.31. The van der Waals surface area contributed by atoms with E-state index in [1.54, 1.807) is 0 Å². The lowest BCUT2D eigenvalue weighted by molar-refractivity contribution is -0.166. The summed E-state index contributed by atoms with van der Waals surface area (Å²) < 4.78 is 43.1. The summed E-state index contributed by atoms with van der Waals surface area (Å²) in [5.41, 5.74) is -3.03. The first-order valence-corrected chi connectivity index (χ1v) is 8.54. The van der Waals surface area contributed by atoms with Gasteiger partial charge in [0.05, 0.1) is 25.5 Å². The van der Waals surface area contributed by atoms with E-state index in [9.17, 15) is 23.2 Å². The maximum absolute atomic E-state index is 14.6. The number of esters is 2. The quantitative estimate of drug-likeness (QED) is 0.700. The van der Waals surface area contributed by atoms with Crippen LogP contribution >= 0.6 is 11.6 Å². The van der Waals surface area contributed by atoms with Crippen molar-refractivity contribution in [1.82, 2.24) is 0 Å². The highest BCUT2D eigenvalue weighted by Crippen LogP contribution is 2.41. The molecule has 1 amide bonds. The molecule has 0 bridgehead atoms. The number of anilines is 1. The van der Waals surface area contributed by atoms with Crippen LogP contribution in [0.5, 0.6) is 5.75 Å². The first kappa shape index (κ1) is 20.5. The van der Waals surface area contributed by atoms with E-state index in [-0.39, 0.29) is 16.3 Å². The van der Waals surface area contributed by atoms with Gasteiger partial charge in [0.2, 0.25) is 0 Å². The number of carbonyl (C=O) groups excluding carboxylic acids is 3. The summed E-state index contributed by atoms with van der Waals surface area (Å²) in [6, 6.07) is 6.34. The van der Waals surface area contributed by atoms with E-state index in [0.717, 1.165) is 26.4 Å². The van der Waals surface area contributed by atoms with E-state index in [1.807, 2.05) is 0 Å². The molecule has 1 heterocycles. The zero-order valence-corrected chi connectivity index (χ0v) is 16.0. The van der Waals surface area contributed by atoms with Gasteiger partial charge in [-0.3, -0.25) is 14.5 Å². The summed E-state index contributed by atoms with van der Waals surface area (Å²) in [7, 11) is 2.07. The van der Waals surface area contributed by atoms with Gasteiger partial charge in [0, 0.05) is 11.1 Å². The monoisotopic (exact) mass is 425 g/mol. The maximum atomic E-state index is 14.6. The Bertz CT molecular complexity index is 1010. The average molecular weight is 426 g/mol. The Labute approximate surface area is 168 Å². The lowest BCUT2D eigenvalue weighted by atomic mass is 9.99. The minimum absolute atomic E-state index is 0.0764. The van der Waals surface area contributed by atoms with Crippen LogP contribution in [0.1, 0.15) is 16.8 Å². The van der Waals surface area contributed by atoms with Gasteiger partial charge in [-0.2, -0.15) is 0 Å². The molecule has 1 atom stereocenters. The average Bonchev–Trinajstić information content (AvgIpc) is 2.69. The number of halogens is 3. The molecular weight excluding hydrogens is 412 g/mol. The Morgan fingerprint density at radius 2 is 1.86 bits per heavy atom. The number of benzene rings is 2. The van der Waals surface area contributed by atoms with Crippen molar-refractivity contribution in [2.24, 2.45) is 0 Å². The van der Waals surface area contributed by atoms with Crippen LogP contribution in [0.15, 0.2) is 36.4 Å². The van der Waals surface area contributed by atoms with Crippen LogP contribution in [-0.2, 0) is 19.1 Å². The number of hydrogen-bond donors (Lipinski definition) is 0. The van der Waals surface area contributed by atoms with Gasteiger partial charge in [0.1, 0.15) is 23.8 Å². The minimum atomic E-state index is -2.43. The van der Waals surface area contributed by atoms with Crippen LogP contribution in [0.3, 0.4) is 0 Å². The van der Waals surface area contributed by atoms with E-state index >= 15 is 0 Å². The fourth-order valence-corrected chi connectivity index (χ4v) is 3.16. The molecule has 1 aliphatic heterocycles. The van der Waals surface area contributed by atoms with Gasteiger partial charge in [0.15, 0.2) is 0 Å². The van der Waals surface area contributed by atoms with Crippen LogP contribution in [0.25, 0.3) is 0 Å². The number of nitrogens with zero attached hydrogens (tertiary/aromatic N) is 1. The molecule has 0 N–H and O–H groups in total. The molecule has 29 heavy (non-hydrogen) atoms. The fourth-order valence-electron chi connectivity index (χ4n) is 2.98. The molecule has 0 spiro atoms. The lowest BCUT2D eigenvalue weighted by Crippen LogP contribution is -2.65. The first-order chi connectivity index (χ1) is 13.7. The van der Waals surface area contributed by atoms with Crippen molar-refractivity contribution in [3.63, 3.8) is 0 Å². The van der Waals surface area contributed by atoms with Gasteiger partial charge in [0.25, 0.3) is 11.6 Å². The van der Waals surface area contributed by atoms with E-state index < -0.39 is 47.3 Å². The molecule has 10 heteroatoms. The standard InChI is InChI=1S/C19H14ClF2NO6/c1-27-16(24)9-19(18(26)28-2)23(14-5-4-11(21)8-13(14)22)17(25)12-7-10(20)3-6-15(12)29-19/h3-8H,9H2,1-2H3/t19-/m1/s1. The number of hydrogen-bond acceptors (Lipinski definition) is 6. The summed E-state index contributed by atoms with van der Waals surface area (Å²) in [6.07, 6.45) is -0.819. The van der Waals surface area contributed by atoms with E-state index in [4.69, 9.17) is 21.1 Å². The number of rotatable bonds is 4. The van der Waals surface area contributed by atoms with Gasteiger partial charge in [-0.25, -0.2) is 13.6 Å². The Hall–Kier alpha value is -3.20. The normalized spacial score (nSPS) is 18.0. The molecule has 0 fully saturated rings. The van der Waals surface area contributed by atoms with Crippen molar-refractivity contribution in [3.05, 3.63) is 58.6 Å². The highest BCUT2D eigenvalue weighted by Gasteiger charge is 2.57. The van der Waals surface area contributed by atoms with E-state index in [1.165, 1.54) is 18.2 Å². The zero-order valence-electron chi connectivity index (χ0n) is 15.2. The van der Waals surface area contributed by atoms with E-state index in [2.05, 4.69) is 4.74 Å². The van der Waals surface area contributed by atoms with Crippen LogP contribution in [0.2, 0.25) is 5.02 Å². The molecule has 7 nitrogen and oxygen atoms in total. The highest BCUT2D eigenvalue weighted by molar-refractivity contribution is 6.31. The fraction of sp³-hybridized carbons (Fsp3) is 0.211. The summed E-state index contributed by atoms with van der Waals surface area (Å²) in [4.78, 5) is 38.7. The summed E-state index contributed by atoms with van der Waals surface area (Å²) in [6.45, 7) is 0. The minimum Gasteiger partial charge on any atom is -0.469 e. The Morgan fingerprint density at radius 3 is 2.48 bits per heavy atom. The third-order valence-electron chi connectivity index (χ3n) is 4.28. The summed E-state index contributed by atoms with van der Waals surface area (Å²) in [5, 5.41) is 0.179. The van der Waals surface area contributed by atoms with Crippen LogP contribution in [0.4, 0.5) is 14.5 Å². The molecule has 2 aromatic carbocycles. The van der Waals surface area contributed by atoms with Gasteiger partial charge < -0.3 is 14.2 Å². The van der Waals surface area contributed by atoms with Gasteiger partial charge in [-0.15, -0.1) is 0 Å². The molecule has 0 aliphatic carbocycles. The largest absolute Gasteiger partial charge is 0.469 e. The van der Waals surface area contributed by atoms with Crippen molar-refractivity contribution in [2.45, 2.75) is 12.1 Å². The SMILES string of the molecule is COC(=O)C[C@]1(C(=O)OC)Oc2ccc(Cl)cc2C(=O)N1c1ccc(F)cc1F. The number of fused-ring (bicyclic) bond motifs is 1. The highest BCUT2D eigenvalue weighted by atomic mass is 35.5. The van der Waals surface area contributed by atoms with Crippen LogP contribution in [-0.4, -0.2) is 37.8 Å². The number of carbonyl (C=O) groups is 3. The number of methoxy groups -OCH3 is 2. The molecule has 0 saturated heterocycles. The maximum Gasteiger partial charge on any atom is 0.373 e. The lowest BCUT2D eigenvalue weighted by Gasteiger charge is -2.44. The van der Waals surface area contributed by atoms with Crippen molar-refractivity contribution < 1.29 is 37.4 Å². The second-order valence-electron chi connectivity index (χ2n) is 6.01. The van der Waals surface area contributed by atoms with Gasteiger partial charge in [-0.1, -0.05) is 11.6 Å². The van der Waals surface area contributed by atoms with Crippen molar-refractivity contribution in [3.8, 4) is 5.75 Å². The van der Waals surface area contributed by atoms with E-state index in [0.29, 0.717) is 11.0 Å². The van der Waals surface area contributed by atoms with Gasteiger partial charge in [-0.05, 0) is 30.3 Å². The van der Waals surface area contributed by atoms with Crippen molar-refractivity contribution in [2.75, 3.05) is 19.1 Å². The first-order valence-electron chi connectivity index (χ1n) is 8.17. The topological polar surface area (TPSA) is 82.1 Å². The molecule has 152 valence electrons. The van der Waals surface area contributed by atoms with Crippen molar-refractivity contribution in [1.29, 1.82) is 0 Å². The predicted octanol–water partition coefficient (Wildman–Crippen LogP) is 3.09. The molecule has 2 aromatic rings. The smallest absolute Gasteiger partial charge is 0.373 e. The zero-order chi connectivity index (χ0) is 21.3. The van der Waals surface area contributed by atoms with Crippen LogP contribution in [0, 0.1) is 11.6 Å². The number of amides is 1. The second-order valence-corrected chi connectivity index (χ2v) is 6.44. The Morgan fingerprint density at radius 1 is 1.14 bits per heavy atom. The van der Waals surface area contributed by atoms with Gasteiger partial charge >= 0.3 is 11.9 Å². The predicted molar refractivity (Wildman–Crippen MR) is 96.6 cm³/mol. The molecule has 0 saturated carbocycles. The molecule has 1 aliphatic rings. The van der Waals surface area contributed by atoms with Crippen molar-refractivity contribution >= 4 is 35.1 Å². The molecule has 0 aromatic heterocycles. The molecule has 0 unspecified atom stereocenters. The number of ether oxygens (including phenoxy) is 3. The third kappa shape index (κ3) is 3.49. The second kappa shape index (κ2) is 7.67. The molecular formula is C19H14ClF2NO6. The summed E-state index contributed by atoms with van der Waals surface area (Å²) in [5.74, 6) is -5.16. The summed E-state index contributed by atoms with van der Waals surface area (Å²) >= 11 is 5.94. The third-order valence-corrected chi connectivity index (χ3v) is 4.52. The molecule has 3 rings (SSSR count). The molecule has 0 radical (unpaired) electrons. The van der Waals surface area contributed by atoms with Crippen LogP contribution < -0.4 is 9.64 Å². The Kier molecular flexibility index (Phi) is 5.43.